The molecule has 1 aliphatic rings. The lowest BCUT2D eigenvalue weighted by Crippen LogP contribution is -2.27. The van der Waals surface area contributed by atoms with Gasteiger partial charge in [-0.05, 0) is 30.8 Å². The van der Waals surface area contributed by atoms with Crippen LogP contribution in [0.2, 0.25) is 0 Å². The van der Waals surface area contributed by atoms with E-state index in [1.165, 1.54) is 12.3 Å². The molecule has 0 spiro atoms. The Morgan fingerprint density at radius 1 is 1.15 bits per heavy atom. The van der Waals surface area contributed by atoms with E-state index in [1.54, 1.807) is 12.1 Å². The van der Waals surface area contributed by atoms with Gasteiger partial charge in [0, 0.05) is 42.4 Å². The maximum absolute atomic E-state index is 13.7. The molecule has 0 N–H and O–H groups in total. The maximum Gasteiger partial charge on any atom is 0.320 e. The molecule has 0 atom stereocenters. The molecule has 0 saturated carbocycles. The first-order chi connectivity index (χ1) is 12.5. The number of likely N-dealkylation sites (N-methyl/N-ethyl adjacent to an activating group) is 1. The minimum absolute atomic E-state index is 0.243. The summed E-state index contributed by atoms with van der Waals surface area (Å²) in [6.45, 7) is 2.69. The molecular formula is C19H21F3N4. The van der Waals surface area contributed by atoms with Crippen molar-refractivity contribution in [3.8, 4) is 11.3 Å². The van der Waals surface area contributed by atoms with Crippen LogP contribution in [0.4, 0.5) is 13.2 Å². The van der Waals surface area contributed by atoms with Gasteiger partial charge in [0.05, 0.1) is 11.9 Å². The highest BCUT2D eigenvalue weighted by molar-refractivity contribution is 5.85. The zero-order chi connectivity index (χ0) is 18.8. The van der Waals surface area contributed by atoms with Crippen molar-refractivity contribution in [3.63, 3.8) is 0 Å². The average molecular weight is 362 g/mol. The summed E-state index contributed by atoms with van der Waals surface area (Å²) >= 11 is 0. The molecule has 4 rings (SSSR count). The van der Waals surface area contributed by atoms with E-state index in [-0.39, 0.29) is 5.65 Å². The monoisotopic (exact) mass is 362 g/mol. The van der Waals surface area contributed by atoms with E-state index in [4.69, 9.17) is 0 Å². The first kappa shape index (κ1) is 18.4. The van der Waals surface area contributed by atoms with E-state index in [2.05, 4.69) is 14.9 Å². The van der Waals surface area contributed by atoms with Crippen LogP contribution in [-0.4, -0.2) is 33.0 Å². The molecule has 7 heteroatoms. The van der Waals surface area contributed by atoms with Crippen molar-refractivity contribution >= 4 is 11.0 Å². The Kier molecular flexibility index (Phi) is 5.27. The Morgan fingerprint density at radius 2 is 1.92 bits per heavy atom. The summed E-state index contributed by atoms with van der Waals surface area (Å²) in [5, 5.41) is 0.727. The van der Waals surface area contributed by atoms with Gasteiger partial charge in [-0.1, -0.05) is 13.8 Å². The maximum atomic E-state index is 13.7. The van der Waals surface area contributed by atoms with Gasteiger partial charge in [0.1, 0.15) is 11.5 Å². The summed E-state index contributed by atoms with van der Waals surface area (Å²) < 4.78 is 41.7. The summed E-state index contributed by atoms with van der Waals surface area (Å²) in [6.07, 6.45) is 3.13. The van der Waals surface area contributed by atoms with E-state index in [9.17, 15) is 13.2 Å². The number of rotatable bonds is 2. The van der Waals surface area contributed by atoms with Crippen molar-refractivity contribution in [1.29, 1.82) is 0 Å². The molecule has 3 aromatic heterocycles. The van der Waals surface area contributed by atoms with Crippen molar-refractivity contribution in [2.24, 2.45) is 0 Å². The van der Waals surface area contributed by atoms with E-state index < -0.39 is 12.4 Å². The molecule has 0 fully saturated rings. The van der Waals surface area contributed by atoms with Crippen LogP contribution in [0.15, 0.2) is 30.6 Å². The van der Waals surface area contributed by atoms with Crippen molar-refractivity contribution in [3.05, 3.63) is 47.7 Å². The van der Waals surface area contributed by atoms with Crippen LogP contribution in [0.1, 0.15) is 31.7 Å². The second kappa shape index (κ2) is 7.45. The topological polar surface area (TPSA) is 34.0 Å². The molecular weight excluding hydrogens is 341 g/mol. The fourth-order valence-electron chi connectivity index (χ4n) is 3.31. The first-order valence-electron chi connectivity index (χ1n) is 8.65. The number of hydrogen-bond acceptors (Lipinski definition) is 3. The lowest BCUT2D eigenvalue weighted by molar-refractivity contribution is 0.0703. The molecule has 0 aliphatic carbocycles. The zero-order valence-electron chi connectivity index (χ0n) is 15.0. The molecule has 0 radical (unpaired) electrons. The highest BCUT2D eigenvalue weighted by Gasteiger charge is 2.26. The largest absolute Gasteiger partial charge is 0.320 e. The number of alkyl halides is 2. The van der Waals surface area contributed by atoms with E-state index >= 15 is 0 Å². The van der Waals surface area contributed by atoms with Crippen LogP contribution in [-0.2, 0) is 13.0 Å². The van der Waals surface area contributed by atoms with Crippen LogP contribution in [0.25, 0.3) is 22.3 Å². The second-order valence-electron chi connectivity index (χ2n) is 6.02. The summed E-state index contributed by atoms with van der Waals surface area (Å²) in [5.41, 5.74) is 2.68. The molecule has 4 nitrogen and oxygen atoms in total. The number of hydrogen-bond donors (Lipinski definition) is 0. The van der Waals surface area contributed by atoms with Gasteiger partial charge in [0.2, 0.25) is 0 Å². The molecule has 0 aromatic carbocycles. The van der Waals surface area contributed by atoms with Gasteiger partial charge in [0.25, 0.3) is 0 Å². The molecule has 3 aromatic rings. The number of halogens is 3. The number of fused-ring (bicyclic) bond motifs is 3. The molecule has 0 bridgehead atoms. The number of nitrogens with zero attached hydrogens (tertiary/aromatic N) is 4. The van der Waals surface area contributed by atoms with Gasteiger partial charge in [-0.3, -0.25) is 9.55 Å². The summed E-state index contributed by atoms with van der Waals surface area (Å²) in [7, 11) is 1.97. The first-order valence-corrected chi connectivity index (χ1v) is 8.65. The van der Waals surface area contributed by atoms with Crippen LogP contribution in [0, 0.1) is 5.82 Å². The van der Waals surface area contributed by atoms with Gasteiger partial charge in [-0.15, -0.1) is 0 Å². The van der Waals surface area contributed by atoms with Gasteiger partial charge >= 0.3 is 6.55 Å². The van der Waals surface area contributed by atoms with Gasteiger partial charge in [-0.2, -0.15) is 8.78 Å². The highest BCUT2D eigenvalue weighted by Crippen LogP contribution is 2.34. The third-order valence-electron chi connectivity index (χ3n) is 4.42. The normalized spacial score (nSPS) is 14.3. The molecule has 0 saturated heterocycles. The van der Waals surface area contributed by atoms with Crippen LogP contribution >= 0.6 is 0 Å². The molecule has 0 amide bonds. The molecule has 138 valence electrons. The zero-order valence-corrected chi connectivity index (χ0v) is 15.0. The Morgan fingerprint density at radius 3 is 2.62 bits per heavy atom. The fraction of sp³-hybridized carbons (Fsp3) is 0.368. The smallest absolute Gasteiger partial charge is 0.302 e. The van der Waals surface area contributed by atoms with Crippen LogP contribution < -0.4 is 0 Å². The van der Waals surface area contributed by atoms with Gasteiger partial charge < -0.3 is 4.90 Å². The Labute approximate surface area is 150 Å². The summed E-state index contributed by atoms with van der Waals surface area (Å²) in [4.78, 5) is 10.3. The number of pyridine rings is 2. The van der Waals surface area contributed by atoms with E-state index in [0.717, 1.165) is 28.3 Å². The van der Waals surface area contributed by atoms with Crippen molar-refractivity contribution in [1.82, 2.24) is 19.4 Å². The van der Waals surface area contributed by atoms with Gasteiger partial charge in [0.15, 0.2) is 0 Å². The Balaban J connectivity index is 0.000000948. The summed E-state index contributed by atoms with van der Waals surface area (Å²) in [5.74, 6) is -0.487. The molecule has 1 aliphatic heterocycles. The SMILES string of the molecule is CC.CN1CCc2c(c3ccc(-c4cncc(F)c4)nc3n2C(F)F)C1. The molecule has 0 unspecified atom stereocenters. The lowest BCUT2D eigenvalue weighted by atomic mass is 10.1. The Bertz CT molecular complexity index is 921. The van der Waals surface area contributed by atoms with E-state index in [0.29, 0.717) is 29.9 Å². The molecule has 4 heterocycles. The average Bonchev–Trinajstić information content (AvgIpc) is 2.96. The van der Waals surface area contributed by atoms with Gasteiger partial charge in [-0.25, -0.2) is 9.37 Å². The lowest BCUT2D eigenvalue weighted by Gasteiger charge is -2.23. The predicted octanol–water partition coefficient (Wildman–Crippen LogP) is 4.65. The standard InChI is InChI=1S/C17H15F3N4.C2H6/c1-23-5-4-15-13(9-23)12-2-3-14(10-6-11(18)8-21-7-10)22-16(12)24(15)17(19)20;1-2/h2-3,6-8,17H,4-5,9H2,1H3;1-2H3. The van der Waals surface area contributed by atoms with Crippen molar-refractivity contribution < 1.29 is 13.2 Å². The third-order valence-corrected chi connectivity index (χ3v) is 4.42. The number of aromatic nitrogens is 3. The molecule has 26 heavy (non-hydrogen) atoms. The van der Waals surface area contributed by atoms with Crippen molar-refractivity contribution in [2.75, 3.05) is 13.6 Å². The van der Waals surface area contributed by atoms with Crippen LogP contribution in [0.3, 0.4) is 0 Å². The van der Waals surface area contributed by atoms with Crippen molar-refractivity contribution in [2.45, 2.75) is 33.4 Å². The fourth-order valence-corrected chi connectivity index (χ4v) is 3.31. The Hall–Kier alpha value is -2.41. The highest BCUT2D eigenvalue weighted by atomic mass is 19.3. The minimum Gasteiger partial charge on any atom is -0.302 e. The predicted molar refractivity (Wildman–Crippen MR) is 95.6 cm³/mol. The quantitative estimate of drug-likeness (QED) is 0.666. The second-order valence-corrected chi connectivity index (χ2v) is 6.02. The summed E-state index contributed by atoms with van der Waals surface area (Å²) in [6, 6.07) is 4.81. The van der Waals surface area contributed by atoms with E-state index in [1.807, 2.05) is 20.9 Å². The third kappa shape index (κ3) is 3.19. The minimum atomic E-state index is -2.66. The van der Waals surface area contributed by atoms with Crippen LogP contribution in [0.5, 0.6) is 0 Å².